The van der Waals surface area contributed by atoms with E-state index < -0.39 is 6.10 Å². The van der Waals surface area contributed by atoms with Gasteiger partial charge in [0.1, 0.15) is 16.2 Å². The highest BCUT2D eigenvalue weighted by Gasteiger charge is 2.07. The molecule has 1 aromatic carbocycles. The number of benzene rings is 1. The predicted octanol–water partition coefficient (Wildman–Crippen LogP) is 2.69. The van der Waals surface area contributed by atoms with E-state index in [-0.39, 0.29) is 0 Å². The Balaban J connectivity index is 1.99. The molecule has 0 spiro atoms. The Morgan fingerprint density at radius 1 is 1.28 bits per heavy atom. The van der Waals surface area contributed by atoms with Crippen LogP contribution in [-0.4, -0.2) is 21.6 Å². The van der Waals surface area contributed by atoms with E-state index in [9.17, 15) is 5.11 Å². The van der Waals surface area contributed by atoms with Gasteiger partial charge in [-0.2, -0.15) is 0 Å². The minimum absolute atomic E-state index is 0.410. The van der Waals surface area contributed by atoms with Crippen molar-refractivity contribution in [3.05, 3.63) is 52.4 Å². The van der Waals surface area contributed by atoms with Crippen LogP contribution < -0.4 is 5.32 Å². The number of nitrogens with zero attached hydrogens (tertiary/aromatic N) is 2. The summed E-state index contributed by atoms with van der Waals surface area (Å²) in [6.45, 7) is 2.23. The Kier molecular flexibility index (Phi) is 4.28. The first kappa shape index (κ1) is 13.0. The Labute approximate surface area is 114 Å². The molecule has 1 heterocycles. The van der Waals surface area contributed by atoms with E-state index in [0.717, 1.165) is 10.2 Å². The SMILES string of the molecule is Cc1nc(Br)cc(NCC(O)c2ccccc2)n1. The lowest BCUT2D eigenvalue weighted by Crippen LogP contribution is -2.13. The molecule has 18 heavy (non-hydrogen) atoms. The van der Waals surface area contributed by atoms with Gasteiger partial charge in [-0.1, -0.05) is 30.3 Å². The lowest BCUT2D eigenvalue weighted by atomic mass is 10.1. The molecule has 0 saturated carbocycles. The fraction of sp³-hybridized carbons (Fsp3) is 0.231. The van der Waals surface area contributed by atoms with Crippen molar-refractivity contribution < 1.29 is 5.11 Å². The summed E-state index contributed by atoms with van der Waals surface area (Å²) in [5.41, 5.74) is 0.884. The van der Waals surface area contributed by atoms with Gasteiger partial charge in [-0.05, 0) is 28.4 Å². The summed E-state index contributed by atoms with van der Waals surface area (Å²) in [6.07, 6.45) is -0.555. The monoisotopic (exact) mass is 307 g/mol. The second-order valence-corrected chi connectivity index (χ2v) is 4.74. The predicted molar refractivity (Wildman–Crippen MR) is 74.4 cm³/mol. The molecule has 0 amide bonds. The fourth-order valence-electron chi connectivity index (χ4n) is 1.62. The smallest absolute Gasteiger partial charge is 0.130 e. The van der Waals surface area contributed by atoms with Crippen molar-refractivity contribution in [1.82, 2.24) is 9.97 Å². The third-order valence-electron chi connectivity index (χ3n) is 2.47. The molecule has 2 N–H and O–H groups in total. The van der Waals surface area contributed by atoms with E-state index in [0.29, 0.717) is 18.2 Å². The van der Waals surface area contributed by atoms with Crippen molar-refractivity contribution in [1.29, 1.82) is 0 Å². The highest BCUT2D eigenvalue weighted by Crippen LogP contribution is 2.15. The van der Waals surface area contributed by atoms with Gasteiger partial charge in [-0.25, -0.2) is 9.97 Å². The number of hydrogen-bond donors (Lipinski definition) is 2. The quantitative estimate of drug-likeness (QED) is 0.853. The molecular weight excluding hydrogens is 294 g/mol. The van der Waals surface area contributed by atoms with Gasteiger partial charge in [-0.15, -0.1) is 0 Å². The second-order valence-electron chi connectivity index (χ2n) is 3.93. The summed E-state index contributed by atoms with van der Waals surface area (Å²) in [4.78, 5) is 8.36. The first-order valence-electron chi connectivity index (χ1n) is 5.63. The van der Waals surface area contributed by atoms with Crippen LogP contribution in [0.4, 0.5) is 5.82 Å². The zero-order valence-corrected chi connectivity index (χ0v) is 11.6. The van der Waals surface area contributed by atoms with Crippen molar-refractivity contribution in [3.63, 3.8) is 0 Å². The minimum atomic E-state index is -0.555. The Morgan fingerprint density at radius 2 is 2.00 bits per heavy atom. The number of anilines is 1. The molecule has 1 unspecified atom stereocenters. The van der Waals surface area contributed by atoms with Crippen LogP contribution in [0.2, 0.25) is 0 Å². The van der Waals surface area contributed by atoms with E-state index in [1.54, 1.807) is 6.07 Å². The first-order valence-corrected chi connectivity index (χ1v) is 6.42. The number of halogens is 1. The van der Waals surface area contributed by atoms with Crippen LogP contribution in [0.5, 0.6) is 0 Å². The van der Waals surface area contributed by atoms with Crippen LogP contribution in [0, 0.1) is 6.92 Å². The fourth-order valence-corrected chi connectivity index (χ4v) is 2.09. The molecule has 0 bridgehead atoms. The van der Waals surface area contributed by atoms with Gasteiger partial charge in [0, 0.05) is 12.6 Å². The van der Waals surface area contributed by atoms with Crippen LogP contribution in [-0.2, 0) is 0 Å². The number of rotatable bonds is 4. The second kappa shape index (κ2) is 5.93. The average Bonchev–Trinajstić information content (AvgIpc) is 2.36. The van der Waals surface area contributed by atoms with Crippen LogP contribution in [0.25, 0.3) is 0 Å². The largest absolute Gasteiger partial charge is 0.387 e. The molecule has 0 fully saturated rings. The summed E-state index contributed by atoms with van der Waals surface area (Å²) in [5.74, 6) is 1.38. The number of nitrogens with one attached hydrogen (secondary N) is 1. The van der Waals surface area contributed by atoms with E-state index in [2.05, 4.69) is 31.2 Å². The highest BCUT2D eigenvalue weighted by atomic mass is 79.9. The van der Waals surface area contributed by atoms with Gasteiger partial charge in [0.25, 0.3) is 0 Å². The summed E-state index contributed by atoms with van der Waals surface area (Å²) >= 11 is 3.31. The molecule has 2 rings (SSSR count). The van der Waals surface area contributed by atoms with Crippen molar-refractivity contribution in [2.45, 2.75) is 13.0 Å². The van der Waals surface area contributed by atoms with Gasteiger partial charge in [0.05, 0.1) is 6.10 Å². The maximum absolute atomic E-state index is 10.0. The zero-order chi connectivity index (χ0) is 13.0. The number of aliphatic hydroxyl groups is 1. The molecule has 0 aliphatic heterocycles. The Hall–Kier alpha value is -1.46. The van der Waals surface area contributed by atoms with Gasteiger partial charge >= 0.3 is 0 Å². The number of aryl methyl sites for hydroxylation is 1. The first-order chi connectivity index (χ1) is 8.65. The molecule has 94 valence electrons. The van der Waals surface area contributed by atoms with E-state index in [1.165, 1.54) is 0 Å². The maximum atomic E-state index is 10.0. The van der Waals surface area contributed by atoms with Crippen molar-refractivity contribution in [2.24, 2.45) is 0 Å². The summed E-state index contributed by atoms with van der Waals surface area (Å²) in [6, 6.07) is 11.3. The lowest BCUT2D eigenvalue weighted by molar-refractivity contribution is 0.191. The number of aromatic nitrogens is 2. The van der Waals surface area contributed by atoms with Crippen LogP contribution in [0.3, 0.4) is 0 Å². The molecule has 0 aliphatic rings. The molecule has 4 nitrogen and oxygen atoms in total. The van der Waals surface area contributed by atoms with Crippen LogP contribution in [0.1, 0.15) is 17.5 Å². The normalized spacial score (nSPS) is 12.2. The van der Waals surface area contributed by atoms with E-state index in [1.807, 2.05) is 37.3 Å². The molecule has 0 aliphatic carbocycles. The summed E-state index contributed by atoms with van der Waals surface area (Å²) in [5, 5.41) is 13.1. The third-order valence-corrected chi connectivity index (χ3v) is 2.87. The molecule has 1 atom stereocenters. The van der Waals surface area contributed by atoms with Gasteiger partial charge in [0.2, 0.25) is 0 Å². The van der Waals surface area contributed by atoms with E-state index in [4.69, 9.17) is 0 Å². The molecular formula is C13H14BrN3O. The van der Waals surface area contributed by atoms with Crippen molar-refractivity contribution in [2.75, 3.05) is 11.9 Å². The molecule has 1 aromatic heterocycles. The van der Waals surface area contributed by atoms with Crippen molar-refractivity contribution >= 4 is 21.7 Å². The van der Waals surface area contributed by atoms with Crippen LogP contribution >= 0.6 is 15.9 Å². The standard InChI is InChI=1S/C13H14BrN3O/c1-9-16-12(14)7-13(17-9)15-8-11(18)10-5-3-2-4-6-10/h2-7,11,18H,8H2,1H3,(H,15,16,17). The van der Waals surface area contributed by atoms with Gasteiger partial charge in [0.15, 0.2) is 0 Å². The molecule has 5 heteroatoms. The van der Waals surface area contributed by atoms with Gasteiger partial charge < -0.3 is 10.4 Å². The Bertz CT molecular complexity index is 499. The number of hydrogen-bond acceptors (Lipinski definition) is 4. The topological polar surface area (TPSA) is 58.0 Å². The van der Waals surface area contributed by atoms with E-state index >= 15 is 0 Å². The summed E-state index contributed by atoms with van der Waals surface area (Å²) < 4.78 is 0.728. The third kappa shape index (κ3) is 3.51. The molecule has 0 radical (unpaired) electrons. The number of aliphatic hydroxyl groups excluding tert-OH is 1. The minimum Gasteiger partial charge on any atom is -0.387 e. The zero-order valence-electron chi connectivity index (χ0n) is 9.97. The average molecular weight is 308 g/mol. The maximum Gasteiger partial charge on any atom is 0.130 e. The van der Waals surface area contributed by atoms with Crippen LogP contribution in [0.15, 0.2) is 41.0 Å². The molecule has 2 aromatic rings. The molecule has 0 saturated heterocycles. The lowest BCUT2D eigenvalue weighted by Gasteiger charge is -2.12. The highest BCUT2D eigenvalue weighted by molar-refractivity contribution is 9.10. The van der Waals surface area contributed by atoms with Crippen molar-refractivity contribution in [3.8, 4) is 0 Å². The Morgan fingerprint density at radius 3 is 2.67 bits per heavy atom. The van der Waals surface area contributed by atoms with Gasteiger partial charge in [-0.3, -0.25) is 0 Å². The summed E-state index contributed by atoms with van der Waals surface area (Å²) in [7, 11) is 0.